The van der Waals surface area contributed by atoms with E-state index in [-0.39, 0.29) is 6.61 Å². The molecule has 3 heteroatoms. The molecular weight excluding hydrogens is 250 g/mol. The van der Waals surface area contributed by atoms with Crippen LogP contribution in [-0.2, 0) is 6.54 Å². The molecule has 20 heavy (non-hydrogen) atoms. The van der Waals surface area contributed by atoms with Crippen molar-refractivity contribution >= 4 is 0 Å². The largest absolute Gasteiger partial charge is 0.497 e. The summed E-state index contributed by atoms with van der Waals surface area (Å²) in [6.07, 6.45) is 5.25. The molecule has 108 valence electrons. The van der Waals surface area contributed by atoms with E-state index in [1.807, 2.05) is 18.2 Å². The van der Waals surface area contributed by atoms with Gasteiger partial charge in [-0.15, -0.1) is 0 Å². The van der Waals surface area contributed by atoms with Crippen molar-refractivity contribution in [2.24, 2.45) is 0 Å². The second kappa shape index (κ2) is 7.33. The number of aliphatic hydroxyl groups is 1. The summed E-state index contributed by atoms with van der Waals surface area (Å²) in [4.78, 5) is 2.41. The highest BCUT2D eigenvalue weighted by molar-refractivity contribution is 5.45. The van der Waals surface area contributed by atoms with Gasteiger partial charge in [0.2, 0.25) is 0 Å². The third-order valence-corrected chi connectivity index (χ3v) is 3.98. The van der Waals surface area contributed by atoms with Gasteiger partial charge in [0.25, 0.3) is 0 Å². The standard InChI is InChI=1S/C17H23NO2/c1-18(16-7-3-4-8-16)13-15-12-17(20-2)10-9-14(15)6-5-11-19/h9-10,12,16,19H,3-4,7-8,11,13H2,1-2H3. The van der Waals surface area contributed by atoms with Gasteiger partial charge in [0.1, 0.15) is 12.4 Å². The van der Waals surface area contributed by atoms with E-state index < -0.39 is 0 Å². The van der Waals surface area contributed by atoms with Gasteiger partial charge in [0.15, 0.2) is 0 Å². The lowest BCUT2D eigenvalue weighted by molar-refractivity contribution is 0.237. The fraction of sp³-hybridized carbons (Fsp3) is 0.529. The Hall–Kier alpha value is -1.50. The Labute approximate surface area is 121 Å². The van der Waals surface area contributed by atoms with Crippen molar-refractivity contribution in [3.8, 4) is 17.6 Å². The van der Waals surface area contributed by atoms with Crippen LogP contribution in [0.5, 0.6) is 5.75 Å². The Balaban J connectivity index is 2.18. The highest BCUT2D eigenvalue weighted by Crippen LogP contribution is 2.25. The average Bonchev–Trinajstić information content (AvgIpc) is 3.00. The molecule has 0 spiro atoms. The van der Waals surface area contributed by atoms with Crippen LogP contribution in [-0.4, -0.2) is 36.8 Å². The number of nitrogens with zero attached hydrogens (tertiary/aromatic N) is 1. The Kier molecular flexibility index (Phi) is 5.46. The molecule has 0 radical (unpaired) electrons. The number of aliphatic hydroxyl groups excluding tert-OH is 1. The predicted molar refractivity (Wildman–Crippen MR) is 80.7 cm³/mol. The number of hydrogen-bond acceptors (Lipinski definition) is 3. The van der Waals surface area contributed by atoms with Crippen molar-refractivity contribution in [2.45, 2.75) is 38.3 Å². The number of hydrogen-bond donors (Lipinski definition) is 1. The normalized spacial score (nSPS) is 15.2. The molecule has 0 aliphatic heterocycles. The van der Waals surface area contributed by atoms with Gasteiger partial charge in [-0.1, -0.05) is 24.7 Å². The minimum Gasteiger partial charge on any atom is -0.497 e. The van der Waals surface area contributed by atoms with Gasteiger partial charge in [-0.2, -0.15) is 0 Å². The summed E-state index contributed by atoms with van der Waals surface area (Å²) >= 11 is 0. The van der Waals surface area contributed by atoms with Crippen LogP contribution >= 0.6 is 0 Å². The first-order chi connectivity index (χ1) is 9.74. The molecule has 0 atom stereocenters. The van der Waals surface area contributed by atoms with Crippen molar-refractivity contribution in [1.29, 1.82) is 0 Å². The molecule has 1 saturated carbocycles. The predicted octanol–water partition coefficient (Wildman–Crippen LogP) is 2.41. The van der Waals surface area contributed by atoms with E-state index >= 15 is 0 Å². The summed E-state index contributed by atoms with van der Waals surface area (Å²) in [6.45, 7) is 0.765. The summed E-state index contributed by atoms with van der Waals surface area (Å²) in [5.41, 5.74) is 2.14. The lowest BCUT2D eigenvalue weighted by Crippen LogP contribution is -2.28. The van der Waals surface area contributed by atoms with Crippen LogP contribution in [0.3, 0.4) is 0 Å². The van der Waals surface area contributed by atoms with E-state index in [0.29, 0.717) is 6.04 Å². The van der Waals surface area contributed by atoms with Crippen molar-refractivity contribution in [3.63, 3.8) is 0 Å². The van der Waals surface area contributed by atoms with Crippen molar-refractivity contribution in [3.05, 3.63) is 29.3 Å². The Bertz CT molecular complexity index is 495. The highest BCUT2D eigenvalue weighted by atomic mass is 16.5. The lowest BCUT2D eigenvalue weighted by Gasteiger charge is -2.24. The third kappa shape index (κ3) is 3.75. The van der Waals surface area contributed by atoms with Gasteiger partial charge in [-0.05, 0) is 43.7 Å². The quantitative estimate of drug-likeness (QED) is 0.855. The smallest absolute Gasteiger partial charge is 0.119 e. The third-order valence-electron chi connectivity index (χ3n) is 3.98. The second-order valence-electron chi connectivity index (χ2n) is 5.34. The van der Waals surface area contributed by atoms with Crippen LogP contribution in [0, 0.1) is 11.8 Å². The van der Waals surface area contributed by atoms with Gasteiger partial charge in [-0.3, -0.25) is 4.90 Å². The molecular formula is C17H23NO2. The molecule has 1 aromatic rings. The Morgan fingerprint density at radius 1 is 1.35 bits per heavy atom. The van der Waals surface area contributed by atoms with Crippen LogP contribution in [0.4, 0.5) is 0 Å². The molecule has 1 aliphatic rings. The van der Waals surface area contributed by atoms with Gasteiger partial charge in [-0.25, -0.2) is 0 Å². The minimum absolute atomic E-state index is 0.107. The molecule has 0 amide bonds. The van der Waals surface area contributed by atoms with Crippen molar-refractivity contribution in [1.82, 2.24) is 4.90 Å². The van der Waals surface area contributed by atoms with Crippen molar-refractivity contribution in [2.75, 3.05) is 20.8 Å². The molecule has 1 aromatic carbocycles. The molecule has 1 fully saturated rings. The first-order valence-corrected chi connectivity index (χ1v) is 7.21. The van der Waals surface area contributed by atoms with Crippen molar-refractivity contribution < 1.29 is 9.84 Å². The molecule has 1 aliphatic carbocycles. The average molecular weight is 273 g/mol. The highest BCUT2D eigenvalue weighted by Gasteiger charge is 2.20. The monoisotopic (exact) mass is 273 g/mol. The first-order valence-electron chi connectivity index (χ1n) is 7.21. The van der Waals surface area contributed by atoms with E-state index in [2.05, 4.69) is 23.8 Å². The zero-order valence-corrected chi connectivity index (χ0v) is 12.4. The first kappa shape index (κ1) is 14.9. The molecule has 0 aromatic heterocycles. The van der Waals surface area contributed by atoms with Crippen LogP contribution < -0.4 is 4.74 Å². The van der Waals surface area contributed by atoms with Crippen LogP contribution in [0.15, 0.2) is 18.2 Å². The summed E-state index contributed by atoms with van der Waals surface area (Å²) in [6, 6.07) is 6.62. The maximum Gasteiger partial charge on any atom is 0.119 e. The molecule has 1 N–H and O–H groups in total. The SMILES string of the molecule is COc1ccc(C#CCO)c(CN(C)C2CCCC2)c1. The molecule has 0 saturated heterocycles. The maximum absolute atomic E-state index is 8.87. The van der Waals surface area contributed by atoms with Crippen LogP contribution in [0.2, 0.25) is 0 Å². The minimum atomic E-state index is -0.107. The van der Waals surface area contributed by atoms with Gasteiger partial charge < -0.3 is 9.84 Å². The maximum atomic E-state index is 8.87. The second-order valence-corrected chi connectivity index (χ2v) is 5.34. The fourth-order valence-corrected chi connectivity index (χ4v) is 2.83. The van der Waals surface area contributed by atoms with E-state index in [4.69, 9.17) is 9.84 Å². The number of methoxy groups -OCH3 is 1. The number of rotatable bonds is 4. The lowest BCUT2D eigenvalue weighted by atomic mass is 10.1. The summed E-state index contributed by atoms with van der Waals surface area (Å²) in [5, 5.41) is 8.87. The van der Waals surface area contributed by atoms with Gasteiger partial charge in [0.05, 0.1) is 7.11 Å². The zero-order chi connectivity index (χ0) is 14.4. The fourth-order valence-electron chi connectivity index (χ4n) is 2.83. The van der Waals surface area contributed by atoms with Crippen LogP contribution in [0.25, 0.3) is 0 Å². The van der Waals surface area contributed by atoms with Gasteiger partial charge in [0, 0.05) is 18.2 Å². The zero-order valence-electron chi connectivity index (χ0n) is 12.4. The van der Waals surface area contributed by atoms with E-state index in [9.17, 15) is 0 Å². The number of benzene rings is 1. The van der Waals surface area contributed by atoms with Gasteiger partial charge >= 0.3 is 0 Å². The number of ether oxygens (including phenoxy) is 1. The topological polar surface area (TPSA) is 32.7 Å². The molecule has 0 bridgehead atoms. The Morgan fingerprint density at radius 3 is 2.75 bits per heavy atom. The van der Waals surface area contributed by atoms with E-state index in [1.165, 1.54) is 31.2 Å². The van der Waals surface area contributed by atoms with Crippen LogP contribution in [0.1, 0.15) is 36.8 Å². The summed E-state index contributed by atoms with van der Waals surface area (Å²) in [7, 11) is 3.86. The molecule has 0 unspecified atom stereocenters. The molecule has 3 nitrogen and oxygen atoms in total. The Morgan fingerprint density at radius 2 is 2.10 bits per heavy atom. The summed E-state index contributed by atoms with van der Waals surface area (Å²) < 4.78 is 5.31. The molecule has 2 rings (SSSR count). The van der Waals surface area contributed by atoms with E-state index in [1.54, 1.807) is 7.11 Å². The van der Waals surface area contributed by atoms with E-state index in [0.717, 1.165) is 17.9 Å². The summed E-state index contributed by atoms with van der Waals surface area (Å²) in [5.74, 6) is 6.62. The molecule has 0 heterocycles.